The van der Waals surface area contributed by atoms with E-state index in [0.29, 0.717) is 11.8 Å². The fraction of sp³-hybridized carbons (Fsp3) is 0.500. The lowest BCUT2D eigenvalue weighted by molar-refractivity contribution is 0.102. The predicted octanol–water partition coefficient (Wildman–Crippen LogP) is 5.85. The van der Waals surface area contributed by atoms with Crippen LogP contribution in [0.25, 0.3) is 0 Å². The van der Waals surface area contributed by atoms with Gasteiger partial charge in [0.25, 0.3) is 5.91 Å². The zero-order chi connectivity index (χ0) is 19.5. The minimum Gasteiger partial charge on any atom is -0.370 e. The van der Waals surface area contributed by atoms with Gasteiger partial charge in [-0.3, -0.25) is 4.79 Å². The van der Waals surface area contributed by atoms with E-state index < -0.39 is 0 Å². The third-order valence-electron chi connectivity index (χ3n) is 8.05. The molecule has 0 bridgehead atoms. The van der Waals surface area contributed by atoms with Crippen LogP contribution in [0.2, 0.25) is 0 Å². The van der Waals surface area contributed by atoms with E-state index in [4.69, 9.17) is 0 Å². The average Bonchev–Trinajstić information content (AvgIpc) is 3.37. The molecule has 3 nitrogen and oxygen atoms in total. The first-order valence-electron chi connectivity index (χ1n) is 11.5. The van der Waals surface area contributed by atoms with Gasteiger partial charge in [-0.05, 0) is 91.7 Å². The Bertz CT molecular complexity index is 935. The zero-order valence-corrected chi connectivity index (χ0v) is 17.3. The summed E-state index contributed by atoms with van der Waals surface area (Å²) in [5, 5.41) is 3.25. The second kappa shape index (κ2) is 6.62. The van der Waals surface area contributed by atoms with Crippen molar-refractivity contribution in [1.29, 1.82) is 0 Å². The maximum absolute atomic E-state index is 12.9. The molecule has 0 spiro atoms. The number of rotatable bonds is 2. The lowest BCUT2D eigenvalue weighted by Gasteiger charge is -2.46. The molecule has 3 heteroatoms. The molecule has 4 aliphatic rings. The smallest absolute Gasteiger partial charge is 0.255 e. The van der Waals surface area contributed by atoms with Crippen molar-refractivity contribution in [1.82, 2.24) is 0 Å². The molecule has 2 heterocycles. The number of aryl methyl sites for hydroxylation is 1. The first-order valence-corrected chi connectivity index (χ1v) is 11.5. The second-order valence-corrected chi connectivity index (χ2v) is 9.83. The molecule has 1 amide bonds. The lowest BCUT2D eigenvalue weighted by atomic mass is 9.75. The number of hydrogen-bond donors (Lipinski definition) is 1. The topological polar surface area (TPSA) is 32.3 Å². The molecular weight excluding hydrogens is 356 g/mol. The molecule has 4 atom stereocenters. The number of carbonyl (C=O) groups excluding carboxylic acids is 1. The standard InChI is InChI=1S/C26H30N2O/c1-16-5-2-6-17(11-16)26(29)27-20-12-23-21-9-3-7-18(21)14-28-15-19-8-4-10-22(19)24(13-20)25(23)28/h2,5-6,11-13,18-19,21-22H,3-4,7-10,14-15H2,1H3,(H,27,29)/t18-,19+,21-,22-/m1/s1. The van der Waals surface area contributed by atoms with Crippen molar-refractivity contribution in [2.45, 2.75) is 57.3 Å². The van der Waals surface area contributed by atoms with Crippen LogP contribution in [0.1, 0.15) is 77.4 Å². The third kappa shape index (κ3) is 2.81. The van der Waals surface area contributed by atoms with E-state index in [2.05, 4.69) is 22.3 Å². The van der Waals surface area contributed by atoms with Crippen LogP contribution < -0.4 is 10.2 Å². The van der Waals surface area contributed by atoms with Crippen LogP contribution in [-0.2, 0) is 0 Å². The van der Waals surface area contributed by atoms with E-state index in [9.17, 15) is 4.79 Å². The molecular formula is C26H30N2O. The highest BCUT2D eigenvalue weighted by Gasteiger charge is 2.44. The number of amides is 1. The Kier molecular flexibility index (Phi) is 4.01. The van der Waals surface area contributed by atoms with E-state index in [1.807, 2.05) is 31.2 Å². The van der Waals surface area contributed by atoms with Gasteiger partial charge >= 0.3 is 0 Å². The fourth-order valence-electron chi connectivity index (χ4n) is 6.83. The van der Waals surface area contributed by atoms with Crippen molar-refractivity contribution < 1.29 is 4.79 Å². The normalized spacial score (nSPS) is 29.2. The van der Waals surface area contributed by atoms with Crippen molar-refractivity contribution in [2.75, 3.05) is 23.3 Å². The van der Waals surface area contributed by atoms with E-state index in [-0.39, 0.29) is 5.91 Å². The molecule has 29 heavy (non-hydrogen) atoms. The van der Waals surface area contributed by atoms with Gasteiger partial charge in [-0.15, -0.1) is 0 Å². The highest BCUT2D eigenvalue weighted by atomic mass is 16.1. The van der Waals surface area contributed by atoms with Gasteiger partial charge in [-0.25, -0.2) is 0 Å². The molecule has 2 aliphatic carbocycles. The lowest BCUT2D eigenvalue weighted by Crippen LogP contribution is -2.43. The van der Waals surface area contributed by atoms with Gasteiger partial charge < -0.3 is 10.2 Å². The first-order chi connectivity index (χ1) is 14.2. The zero-order valence-electron chi connectivity index (χ0n) is 17.3. The Balaban J connectivity index is 1.42. The number of carbonyl (C=O) groups is 1. The monoisotopic (exact) mass is 386 g/mol. The van der Waals surface area contributed by atoms with Crippen LogP contribution in [0.3, 0.4) is 0 Å². The summed E-state index contributed by atoms with van der Waals surface area (Å²) in [5.74, 6) is 2.99. The van der Waals surface area contributed by atoms with Crippen molar-refractivity contribution in [2.24, 2.45) is 11.8 Å². The highest BCUT2D eigenvalue weighted by molar-refractivity contribution is 6.04. The number of nitrogens with zero attached hydrogens (tertiary/aromatic N) is 1. The molecule has 2 aliphatic heterocycles. The first kappa shape index (κ1) is 17.6. The summed E-state index contributed by atoms with van der Waals surface area (Å²) < 4.78 is 0. The quantitative estimate of drug-likeness (QED) is 0.702. The van der Waals surface area contributed by atoms with Gasteiger partial charge in [0.2, 0.25) is 0 Å². The van der Waals surface area contributed by atoms with Crippen LogP contribution >= 0.6 is 0 Å². The molecule has 150 valence electrons. The highest BCUT2D eigenvalue weighted by Crippen LogP contribution is 2.56. The number of benzene rings is 2. The maximum atomic E-state index is 12.9. The molecule has 2 aromatic carbocycles. The van der Waals surface area contributed by atoms with Gasteiger partial charge in [0.05, 0.1) is 0 Å². The summed E-state index contributed by atoms with van der Waals surface area (Å²) in [6.07, 6.45) is 8.06. The minimum atomic E-state index is 0.00951. The summed E-state index contributed by atoms with van der Waals surface area (Å²) in [6, 6.07) is 12.5. The summed E-state index contributed by atoms with van der Waals surface area (Å²) in [6.45, 7) is 4.54. The summed E-state index contributed by atoms with van der Waals surface area (Å²) in [7, 11) is 0. The number of fused-ring (bicyclic) bond motifs is 4. The Morgan fingerprint density at radius 2 is 1.59 bits per heavy atom. The van der Waals surface area contributed by atoms with Crippen molar-refractivity contribution in [3.8, 4) is 0 Å². The molecule has 0 unspecified atom stereocenters. The Morgan fingerprint density at radius 1 is 0.931 bits per heavy atom. The Morgan fingerprint density at radius 3 is 2.21 bits per heavy atom. The molecule has 2 aromatic rings. The van der Waals surface area contributed by atoms with E-state index in [1.54, 1.807) is 5.69 Å². The van der Waals surface area contributed by atoms with Gasteiger partial charge in [-0.1, -0.05) is 30.5 Å². The molecule has 0 saturated heterocycles. The second-order valence-electron chi connectivity index (χ2n) is 9.83. The third-order valence-corrected chi connectivity index (χ3v) is 8.05. The van der Waals surface area contributed by atoms with Crippen LogP contribution in [0.4, 0.5) is 11.4 Å². The van der Waals surface area contributed by atoms with Gasteiger partial charge in [0.15, 0.2) is 0 Å². The summed E-state index contributed by atoms with van der Waals surface area (Å²) in [5.41, 5.74) is 7.48. The van der Waals surface area contributed by atoms with Crippen LogP contribution in [-0.4, -0.2) is 19.0 Å². The Labute approximate surface area is 173 Å². The molecule has 0 aromatic heterocycles. The molecule has 6 rings (SSSR count). The van der Waals surface area contributed by atoms with Gasteiger partial charge in [0, 0.05) is 30.0 Å². The molecule has 2 fully saturated rings. The van der Waals surface area contributed by atoms with Crippen molar-refractivity contribution in [3.63, 3.8) is 0 Å². The van der Waals surface area contributed by atoms with Crippen molar-refractivity contribution >= 4 is 17.3 Å². The maximum Gasteiger partial charge on any atom is 0.255 e. The van der Waals surface area contributed by atoms with Crippen LogP contribution in [0.15, 0.2) is 36.4 Å². The summed E-state index contributed by atoms with van der Waals surface area (Å²) >= 11 is 0. The van der Waals surface area contributed by atoms with Gasteiger partial charge in [-0.2, -0.15) is 0 Å². The average molecular weight is 387 g/mol. The van der Waals surface area contributed by atoms with E-state index >= 15 is 0 Å². The summed E-state index contributed by atoms with van der Waals surface area (Å²) in [4.78, 5) is 15.7. The van der Waals surface area contributed by atoms with E-state index in [0.717, 1.165) is 28.7 Å². The number of anilines is 2. The van der Waals surface area contributed by atoms with Crippen LogP contribution in [0.5, 0.6) is 0 Å². The largest absolute Gasteiger partial charge is 0.370 e. The van der Waals surface area contributed by atoms with Crippen molar-refractivity contribution in [3.05, 3.63) is 58.7 Å². The number of hydrogen-bond acceptors (Lipinski definition) is 2. The molecule has 0 radical (unpaired) electrons. The van der Waals surface area contributed by atoms with Gasteiger partial charge in [0.1, 0.15) is 0 Å². The SMILES string of the molecule is Cc1cccc(C(=O)Nc2cc3c4c(c2)[C@@H]2CCC[C@H]2CN4C[C@H]2CCC[C@@H]32)c1. The predicted molar refractivity (Wildman–Crippen MR) is 118 cm³/mol. The number of nitrogens with one attached hydrogen (secondary N) is 1. The van der Waals surface area contributed by atoms with E-state index in [1.165, 1.54) is 62.7 Å². The Hall–Kier alpha value is -2.29. The molecule has 2 saturated carbocycles. The van der Waals surface area contributed by atoms with Crippen LogP contribution in [0, 0.1) is 18.8 Å². The fourth-order valence-corrected chi connectivity index (χ4v) is 6.83. The molecule has 1 N–H and O–H groups in total. The minimum absolute atomic E-state index is 0.00951.